The highest BCUT2D eigenvalue weighted by molar-refractivity contribution is 5.78. The number of allylic oxidation sites excluding steroid dienone is 1. The van der Waals surface area contributed by atoms with Gasteiger partial charge in [0.1, 0.15) is 0 Å². The van der Waals surface area contributed by atoms with Crippen LogP contribution in [0.5, 0.6) is 0 Å². The van der Waals surface area contributed by atoms with Gasteiger partial charge in [-0.15, -0.1) is 0 Å². The number of hydrogen-bond acceptors (Lipinski definition) is 3. The minimum Gasteiger partial charge on any atom is -0.378 e. The fourth-order valence-electron chi connectivity index (χ4n) is 3.13. The average Bonchev–Trinajstić information content (AvgIpc) is 2.85. The van der Waals surface area contributed by atoms with E-state index < -0.39 is 0 Å². The quantitative estimate of drug-likeness (QED) is 0.801. The summed E-state index contributed by atoms with van der Waals surface area (Å²) in [5, 5.41) is 4.31. The molecule has 1 aliphatic heterocycles. The van der Waals surface area contributed by atoms with Crippen LogP contribution in [0.15, 0.2) is 23.9 Å². The van der Waals surface area contributed by atoms with Crippen molar-refractivity contribution in [2.45, 2.75) is 51.3 Å². The molecule has 5 nitrogen and oxygen atoms in total. The lowest BCUT2D eigenvalue weighted by Gasteiger charge is -2.24. The Morgan fingerprint density at radius 2 is 2.33 bits per heavy atom. The molecule has 1 amide bonds. The normalized spacial score (nSPS) is 22.4. The van der Waals surface area contributed by atoms with Crippen LogP contribution >= 0.6 is 0 Å². The smallest absolute Gasteiger partial charge is 0.227 e. The first-order valence-electron chi connectivity index (χ1n) is 7.75. The molecular weight excluding hydrogens is 266 g/mol. The first-order chi connectivity index (χ1) is 10.3. The molecule has 5 heteroatoms. The van der Waals surface area contributed by atoms with Crippen molar-refractivity contribution in [2.24, 2.45) is 0 Å². The number of hydrogen-bond donors (Lipinski definition) is 0. The van der Waals surface area contributed by atoms with Gasteiger partial charge in [0, 0.05) is 26.3 Å². The largest absolute Gasteiger partial charge is 0.378 e. The van der Waals surface area contributed by atoms with Gasteiger partial charge in [-0.2, -0.15) is 5.10 Å². The maximum atomic E-state index is 12.6. The molecule has 1 aromatic heterocycles. The Balaban J connectivity index is 1.71. The minimum absolute atomic E-state index is 0.00966. The van der Waals surface area contributed by atoms with Crippen LogP contribution < -0.4 is 0 Å². The van der Waals surface area contributed by atoms with Gasteiger partial charge >= 0.3 is 0 Å². The van der Waals surface area contributed by atoms with E-state index in [0.717, 1.165) is 18.5 Å². The molecule has 2 aliphatic rings. The molecule has 0 N–H and O–H groups in total. The summed E-state index contributed by atoms with van der Waals surface area (Å²) in [4.78, 5) is 14.5. The Morgan fingerprint density at radius 1 is 1.43 bits per heavy atom. The SMILES string of the molecule is CO[C@H]1CN(C(=O)CC2=CCCCC2)Cc2ccnn2C1. The Hall–Kier alpha value is -1.62. The van der Waals surface area contributed by atoms with E-state index in [0.29, 0.717) is 26.1 Å². The number of fused-ring (bicyclic) bond motifs is 1. The second kappa shape index (κ2) is 6.43. The number of methoxy groups -OCH3 is 1. The highest BCUT2D eigenvalue weighted by atomic mass is 16.5. The van der Waals surface area contributed by atoms with Crippen LogP contribution in [0.3, 0.4) is 0 Å². The van der Waals surface area contributed by atoms with Crippen LogP contribution in [0.1, 0.15) is 37.8 Å². The van der Waals surface area contributed by atoms with E-state index in [1.54, 1.807) is 13.3 Å². The Morgan fingerprint density at radius 3 is 3.10 bits per heavy atom. The van der Waals surface area contributed by atoms with Crippen molar-refractivity contribution in [3.8, 4) is 0 Å². The molecular formula is C16H23N3O2. The van der Waals surface area contributed by atoms with Gasteiger partial charge in [0.15, 0.2) is 0 Å². The summed E-state index contributed by atoms with van der Waals surface area (Å²) in [5.74, 6) is 0.208. The summed E-state index contributed by atoms with van der Waals surface area (Å²) < 4.78 is 7.44. The number of carbonyl (C=O) groups excluding carboxylic acids is 1. The number of rotatable bonds is 3. The summed E-state index contributed by atoms with van der Waals surface area (Å²) in [6.07, 6.45) is 9.28. The highest BCUT2D eigenvalue weighted by Crippen LogP contribution is 2.22. The molecule has 114 valence electrons. The average molecular weight is 289 g/mol. The molecule has 0 saturated carbocycles. The summed E-state index contributed by atoms with van der Waals surface area (Å²) >= 11 is 0. The number of aromatic nitrogens is 2. The van der Waals surface area contributed by atoms with Gasteiger partial charge in [-0.3, -0.25) is 9.48 Å². The second-order valence-electron chi connectivity index (χ2n) is 5.92. The molecule has 0 radical (unpaired) electrons. The van der Waals surface area contributed by atoms with E-state index >= 15 is 0 Å². The van der Waals surface area contributed by atoms with Crippen LogP contribution in [-0.4, -0.2) is 40.3 Å². The molecule has 0 unspecified atom stereocenters. The van der Waals surface area contributed by atoms with Gasteiger partial charge in [-0.25, -0.2) is 0 Å². The zero-order valence-corrected chi connectivity index (χ0v) is 12.6. The molecule has 0 saturated heterocycles. The van der Waals surface area contributed by atoms with Gasteiger partial charge < -0.3 is 9.64 Å². The third-order valence-electron chi connectivity index (χ3n) is 4.41. The summed E-state index contributed by atoms with van der Waals surface area (Å²) in [6.45, 7) is 1.99. The van der Waals surface area contributed by atoms with Crippen LogP contribution in [-0.2, 0) is 22.6 Å². The molecule has 0 spiro atoms. The lowest BCUT2D eigenvalue weighted by Crippen LogP contribution is -2.37. The summed E-state index contributed by atoms with van der Waals surface area (Å²) in [6, 6.07) is 1.98. The first kappa shape index (κ1) is 14.3. The standard InChI is InChI=1S/C16H23N3O2/c1-21-15-11-18(10-14-7-8-17-19(14)12-15)16(20)9-13-5-3-2-4-6-13/h5,7-8,15H,2-4,6,9-12H2,1H3/t15-/m0/s1. The van der Waals surface area contributed by atoms with Crippen LogP contribution in [0.2, 0.25) is 0 Å². The molecule has 21 heavy (non-hydrogen) atoms. The maximum absolute atomic E-state index is 12.6. The fraction of sp³-hybridized carbons (Fsp3) is 0.625. The third kappa shape index (κ3) is 3.35. The Kier molecular flexibility index (Phi) is 4.39. The van der Waals surface area contributed by atoms with E-state index in [1.807, 2.05) is 15.6 Å². The molecule has 0 fully saturated rings. The predicted molar refractivity (Wildman–Crippen MR) is 79.6 cm³/mol. The van der Waals surface area contributed by atoms with E-state index in [1.165, 1.54) is 18.4 Å². The topological polar surface area (TPSA) is 47.4 Å². The molecule has 1 aliphatic carbocycles. The van der Waals surface area contributed by atoms with Crippen molar-refractivity contribution in [1.29, 1.82) is 0 Å². The lowest BCUT2D eigenvalue weighted by atomic mass is 9.97. The second-order valence-corrected chi connectivity index (χ2v) is 5.92. The molecule has 1 atom stereocenters. The number of amides is 1. The van der Waals surface area contributed by atoms with E-state index in [-0.39, 0.29) is 12.0 Å². The van der Waals surface area contributed by atoms with Crippen LogP contribution in [0, 0.1) is 0 Å². The van der Waals surface area contributed by atoms with Crippen molar-refractivity contribution in [1.82, 2.24) is 14.7 Å². The van der Waals surface area contributed by atoms with E-state index in [2.05, 4.69) is 11.2 Å². The van der Waals surface area contributed by atoms with Crippen molar-refractivity contribution in [3.05, 3.63) is 29.6 Å². The molecule has 1 aromatic rings. The predicted octanol–water partition coefficient (Wildman–Crippen LogP) is 2.13. The van der Waals surface area contributed by atoms with Crippen LogP contribution in [0.25, 0.3) is 0 Å². The van der Waals surface area contributed by atoms with E-state index in [9.17, 15) is 4.79 Å². The minimum atomic E-state index is 0.00966. The van der Waals surface area contributed by atoms with Crippen molar-refractivity contribution in [3.63, 3.8) is 0 Å². The van der Waals surface area contributed by atoms with Gasteiger partial charge in [0.25, 0.3) is 0 Å². The number of nitrogens with zero attached hydrogens (tertiary/aromatic N) is 3. The zero-order chi connectivity index (χ0) is 14.7. The summed E-state index contributed by atoms with van der Waals surface area (Å²) in [7, 11) is 1.70. The lowest BCUT2D eigenvalue weighted by molar-refractivity contribution is -0.132. The molecule has 0 aromatic carbocycles. The Labute approximate surface area is 125 Å². The van der Waals surface area contributed by atoms with Crippen LogP contribution in [0.4, 0.5) is 0 Å². The van der Waals surface area contributed by atoms with Crippen molar-refractivity contribution in [2.75, 3.05) is 13.7 Å². The van der Waals surface area contributed by atoms with Gasteiger partial charge in [-0.1, -0.05) is 11.6 Å². The molecule has 3 rings (SSSR count). The number of carbonyl (C=O) groups is 1. The highest BCUT2D eigenvalue weighted by Gasteiger charge is 2.25. The number of ether oxygens (including phenoxy) is 1. The Bertz CT molecular complexity index is 535. The third-order valence-corrected chi connectivity index (χ3v) is 4.41. The van der Waals surface area contributed by atoms with Gasteiger partial charge in [0.05, 0.1) is 24.9 Å². The molecule has 2 heterocycles. The van der Waals surface area contributed by atoms with Gasteiger partial charge in [-0.05, 0) is 31.7 Å². The maximum Gasteiger partial charge on any atom is 0.227 e. The van der Waals surface area contributed by atoms with E-state index in [4.69, 9.17) is 4.74 Å². The molecule has 0 bridgehead atoms. The van der Waals surface area contributed by atoms with Gasteiger partial charge in [0.2, 0.25) is 5.91 Å². The van der Waals surface area contributed by atoms with Crippen molar-refractivity contribution >= 4 is 5.91 Å². The monoisotopic (exact) mass is 289 g/mol. The zero-order valence-electron chi connectivity index (χ0n) is 12.6. The van der Waals surface area contributed by atoms with Crippen molar-refractivity contribution < 1.29 is 9.53 Å². The fourth-order valence-corrected chi connectivity index (χ4v) is 3.13. The first-order valence-corrected chi connectivity index (χ1v) is 7.75. The summed E-state index contributed by atoms with van der Waals surface area (Å²) in [5.41, 5.74) is 2.39.